The first-order valence-electron chi connectivity index (χ1n) is 6.54. The van der Waals surface area contributed by atoms with Crippen molar-refractivity contribution in [3.05, 3.63) is 29.6 Å². The molecule has 1 unspecified atom stereocenters. The average Bonchev–Trinajstić information content (AvgIpc) is 2.39. The molecule has 3 nitrogen and oxygen atoms in total. The lowest BCUT2D eigenvalue weighted by atomic mass is 10.1. The molecule has 0 spiro atoms. The highest BCUT2D eigenvalue weighted by Crippen LogP contribution is 2.23. The van der Waals surface area contributed by atoms with E-state index < -0.39 is 0 Å². The summed E-state index contributed by atoms with van der Waals surface area (Å²) in [6.45, 7) is 6.37. The van der Waals surface area contributed by atoms with E-state index in [0.717, 1.165) is 5.56 Å². The molecule has 0 amide bonds. The van der Waals surface area contributed by atoms with Crippen LogP contribution in [-0.4, -0.2) is 26.4 Å². The summed E-state index contributed by atoms with van der Waals surface area (Å²) in [5, 5.41) is 3.07. The molecule has 108 valence electrons. The maximum atomic E-state index is 13.9. The van der Waals surface area contributed by atoms with Crippen LogP contribution in [0.5, 0.6) is 5.75 Å². The van der Waals surface area contributed by atoms with Gasteiger partial charge in [0.25, 0.3) is 0 Å². The highest BCUT2D eigenvalue weighted by Gasteiger charge is 2.16. The summed E-state index contributed by atoms with van der Waals surface area (Å²) in [4.78, 5) is 0. The molecule has 0 fully saturated rings. The Morgan fingerprint density at radius 1 is 1.37 bits per heavy atom. The van der Waals surface area contributed by atoms with Crippen molar-refractivity contribution in [3.8, 4) is 5.75 Å². The fraction of sp³-hybridized carbons (Fsp3) is 0.600. The Hall–Kier alpha value is -1.13. The Kier molecular flexibility index (Phi) is 5.76. The summed E-state index contributed by atoms with van der Waals surface area (Å²) in [5.74, 6) is -0.0335. The molecule has 0 radical (unpaired) electrons. The van der Waals surface area contributed by atoms with E-state index in [1.165, 1.54) is 6.07 Å². The maximum absolute atomic E-state index is 13.9. The number of methoxy groups -OCH3 is 1. The van der Waals surface area contributed by atoms with Crippen molar-refractivity contribution in [2.45, 2.75) is 38.8 Å². The van der Waals surface area contributed by atoms with E-state index in [2.05, 4.69) is 5.32 Å². The number of rotatable bonds is 7. The van der Waals surface area contributed by atoms with Gasteiger partial charge < -0.3 is 14.8 Å². The molecule has 0 heterocycles. The molecule has 0 aliphatic rings. The van der Waals surface area contributed by atoms with Crippen molar-refractivity contribution in [2.24, 2.45) is 0 Å². The van der Waals surface area contributed by atoms with E-state index in [9.17, 15) is 4.39 Å². The standard InChI is InChI=1S/C15H24FNO2/c1-11(17-4)12-6-7-14(13(16)10-12)19-9-8-15(2,3)18-5/h6-7,10-11,17H,8-9H2,1-5H3. The quantitative estimate of drug-likeness (QED) is 0.824. The zero-order valence-electron chi connectivity index (χ0n) is 12.4. The summed E-state index contributed by atoms with van der Waals surface area (Å²) >= 11 is 0. The predicted octanol–water partition coefficient (Wildman–Crippen LogP) is 3.30. The number of hydrogen-bond donors (Lipinski definition) is 1. The number of ether oxygens (including phenoxy) is 2. The van der Waals surface area contributed by atoms with Crippen molar-refractivity contribution >= 4 is 0 Å². The van der Waals surface area contributed by atoms with Crippen molar-refractivity contribution in [3.63, 3.8) is 0 Å². The maximum Gasteiger partial charge on any atom is 0.165 e. The normalized spacial score (nSPS) is 13.4. The molecule has 1 atom stereocenters. The molecule has 0 saturated carbocycles. The molecule has 0 aliphatic heterocycles. The van der Waals surface area contributed by atoms with Crippen LogP contribution >= 0.6 is 0 Å². The van der Waals surface area contributed by atoms with Crippen LogP contribution in [0.15, 0.2) is 18.2 Å². The van der Waals surface area contributed by atoms with Gasteiger partial charge >= 0.3 is 0 Å². The zero-order valence-corrected chi connectivity index (χ0v) is 12.4. The Bertz CT molecular complexity index is 407. The van der Waals surface area contributed by atoms with Gasteiger partial charge in [-0.15, -0.1) is 0 Å². The van der Waals surface area contributed by atoms with Crippen molar-refractivity contribution in [2.75, 3.05) is 20.8 Å². The Balaban J connectivity index is 2.61. The van der Waals surface area contributed by atoms with E-state index >= 15 is 0 Å². The fourth-order valence-electron chi connectivity index (χ4n) is 1.58. The molecule has 1 N–H and O–H groups in total. The van der Waals surface area contributed by atoms with Crippen LogP contribution in [0.2, 0.25) is 0 Å². The largest absolute Gasteiger partial charge is 0.490 e. The molecule has 1 aromatic rings. The molecule has 4 heteroatoms. The van der Waals surface area contributed by atoms with Gasteiger partial charge in [0.2, 0.25) is 0 Å². The van der Waals surface area contributed by atoms with Crippen LogP contribution in [0.3, 0.4) is 0 Å². The summed E-state index contributed by atoms with van der Waals surface area (Å²) in [7, 11) is 3.51. The molecule has 0 aliphatic carbocycles. The number of nitrogens with one attached hydrogen (secondary N) is 1. The van der Waals surface area contributed by atoms with Crippen LogP contribution in [0.1, 0.15) is 38.8 Å². The minimum Gasteiger partial charge on any atom is -0.490 e. The smallest absolute Gasteiger partial charge is 0.165 e. The van der Waals surface area contributed by atoms with E-state index in [0.29, 0.717) is 18.8 Å². The number of halogens is 1. The number of benzene rings is 1. The van der Waals surface area contributed by atoms with Gasteiger partial charge in [0.05, 0.1) is 12.2 Å². The van der Waals surface area contributed by atoms with Gasteiger partial charge in [-0.25, -0.2) is 4.39 Å². The Labute approximate surface area is 115 Å². The van der Waals surface area contributed by atoms with Gasteiger partial charge in [-0.1, -0.05) is 6.07 Å². The molecule has 0 aromatic heterocycles. The topological polar surface area (TPSA) is 30.5 Å². The minimum absolute atomic E-state index is 0.121. The van der Waals surface area contributed by atoms with Crippen LogP contribution in [0.25, 0.3) is 0 Å². The third-order valence-corrected chi connectivity index (χ3v) is 3.40. The highest BCUT2D eigenvalue weighted by atomic mass is 19.1. The monoisotopic (exact) mass is 269 g/mol. The van der Waals surface area contributed by atoms with Crippen LogP contribution in [0, 0.1) is 5.82 Å². The second kappa shape index (κ2) is 6.87. The number of hydrogen-bond acceptors (Lipinski definition) is 3. The fourth-order valence-corrected chi connectivity index (χ4v) is 1.58. The molecular weight excluding hydrogens is 245 g/mol. The van der Waals surface area contributed by atoms with Gasteiger partial charge in [0.1, 0.15) is 0 Å². The van der Waals surface area contributed by atoms with Gasteiger partial charge in [0.15, 0.2) is 11.6 Å². The average molecular weight is 269 g/mol. The van der Waals surface area contributed by atoms with E-state index in [1.807, 2.05) is 33.9 Å². The van der Waals surface area contributed by atoms with Crippen LogP contribution in [0.4, 0.5) is 4.39 Å². The van der Waals surface area contributed by atoms with Gasteiger partial charge in [-0.05, 0) is 45.5 Å². The predicted molar refractivity (Wildman–Crippen MR) is 75.1 cm³/mol. The SMILES string of the molecule is CNC(C)c1ccc(OCCC(C)(C)OC)c(F)c1. The van der Waals surface area contributed by atoms with Crippen molar-refractivity contribution < 1.29 is 13.9 Å². The first-order chi connectivity index (χ1) is 8.89. The lowest BCUT2D eigenvalue weighted by Gasteiger charge is -2.22. The zero-order chi connectivity index (χ0) is 14.5. The van der Waals surface area contributed by atoms with Gasteiger partial charge in [-0.3, -0.25) is 0 Å². The summed E-state index contributed by atoms with van der Waals surface area (Å²) in [6.07, 6.45) is 0.706. The first kappa shape index (κ1) is 15.9. The molecule has 19 heavy (non-hydrogen) atoms. The molecule has 1 rings (SSSR count). The Morgan fingerprint density at radius 3 is 2.58 bits per heavy atom. The van der Waals surface area contributed by atoms with Gasteiger partial charge in [0, 0.05) is 19.6 Å². The van der Waals surface area contributed by atoms with E-state index in [4.69, 9.17) is 9.47 Å². The lowest BCUT2D eigenvalue weighted by Crippen LogP contribution is -2.25. The Morgan fingerprint density at radius 2 is 2.05 bits per heavy atom. The van der Waals surface area contributed by atoms with Crippen LogP contribution in [-0.2, 0) is 4.74 Å². The summed E-state index contributed by atoms with van der Waals surface area (Å²) in [6, 6.07) is 5.19. The van der Waals surface area contributed by atoms with E-state index in [-0.39, 0.29) is 17.5 Å². The summed E-state index contributed by atoms with van der Waals surface area (Å²) < 4.78 is 24.6. The second-order valence-corrected chi connectivity index (χ2v) is 5.26. The molecular formula is C15H24FNO2. The highest BCUT2D eigenvalue weighted by molar-refractivity contribution is 5.30. The molecule has 0 saturated heterocycles. The summed E-state index contributed by atoms with van der Waals surface area (Å²) in [5.41, 5.74) is 0.654. The van der Waals surface area contributed by atoms with Gasteiger partial charge in [-0.2, -0.15) is 0 Å². The molecule has 0 bridgehead atoms. The van der Waals surface area contributed by atoms with E-state index in [1.54, 1.807) is 13.2 Å². The third kappa shape index (κ3) is 4.80. The third-order valence-electron chi connectivity index (χ3n) is 3.40. The van der Waals surface area contributed by atoms with Crippen molar-refractivity contribution in [1.29, 1.82) is 0 Å². The minimum atomic E-state index is -0.324. The molecule has 1 aromatic carbocycles. The van der Waals surface area contributed by atoms with Crippen LogP contribution < -0.4 is 10.1 Å². The second-order valence-electron chi connectivity index (χ2n) is 5.26. The lowest BCUT2D eigenvalue weighted by molar-refractivity contribution is 0.00513. The first-order valence-corrected chi connectivity index (χ1v) is 6.54. The van der Waals surface area contributed by atoms with Crippen molar-refractivity contribution in [1.82, 2.24) is 5.32 Å².